The Hall–Kier alpha value is -1.60. The Bertz CT molecular complexity index is 885. The zero-order valence-electron chi connectivity index (χ0n) is 15.3. The SMILES string of the molecule is C=CCn1c(SCC(=O)N[C@H](C)CCC)nc2sc3c(c2c1=O)CCC3. The number of fused-ring (bicyclic) bond motifs is 3. The van der Waals surface area contributed by atoms with Crippen LogP contribution in [0.15, 0.2) is 22.6 Å². The number of aromatic nitrogens is 2. The lowest BCUT2D eigenvalue weighted by molar-refractivity contribution is -0.119. The van der Waals surface area contributed by atoms with Crippen LogP contribution in [0, 0.1) is 0 Å². The molecule has 5 nitrogen and oxygen atoms in total. The summed E-state index contributed by atoms with van der Waals surface area (Å²) in [6.07, 6.45) is 6.82. The second kappa shape index (κ2) is 8.39. The van der Waals surface area contributed by atoms with Gasteiger partial charge in [0.25, 0.3) is 5.56 Å². The van der Waals surface area contributed by atoms with Crippen molar-refractivity contribution in [2.45, 2.75) is 63.7 Å². The van der Waals surface area contributed by atoms with E-state index in [4.69, 9.17) is 4.98 Å². The molecule has 1 N–H and O–H groups in total. The van der Waals surface area contributed by atoms with Crippen LogP contribution < -0.4 is 10.9 Å². The molecule has 0 spiro atoms. The molecule has 0 radical (unpaired) electrons. The van der Waals surface area contributed by atoms with E-state index >= 15 is 0 Å². The molecule has 26 heavy (non-hydrogen) atoms. The average Bonchev–Trinajstić information content (AvgIpc) is 3.16. The molecule has 1 aliphatic carbocycles. The van der Waals surface area contributed by atoms with Gasteiger partial charge in [-0.15, -0.1) is 17.9 Å². The van der Waals surface area contributed by atoms with Gasteiger partial charge < -0.3 is 5.32 Å². The Morgan fingerprint density at radius 3 is 3.04 bits per heavy atom. The first-order valence-corrected chi connectivity index (χ1v) is 10.9. The average molecular weight is 392 g/mol. The minimum atomic E-state index is -0.0240. The number of carbonyl (C=O) groups excluding carboxylic acids is 1. The maximum absolute atomic E-state index is 13.0. The lowest BCUT2D eigenvalue weighted by Gasteiger charge is -2.13. The summed E-state index contributed by atoms with van der Waals surface area (Å²) >= 11 is 2.95. The molecule has 1 aliphatic rings. The second-order valence-electron chi connectivity index (χ2n) is 6.68. The van der Waals surface area contributed by atoms with E-state index in [1.807, 2.05) is 6.92 Å². The molecule has 0 saturated heterocycles. The number of thioether (sulfide) groups is 1. The van der Waals surface area contributed by atoms with Crippen molar-refractivity contribution in [3.63, 3.8) is 0 Å². The Labute approximate surface area is 161 Å². The Morgan fingerprint density at radius 2 is 2.31 bits per heavy atom. The summed E-state index contributed by atoms with van der Waals surface area (Å²) in [5, 5.41) is 4.36. The van der Waals surface area contributed by atoms with Crippen LogP contribution in [-0.4, -0.2) is 27.3 Å². The first-order valence-electron chi connectivity index (χ1n) is 9.13. The van der Waals surface area contributed by atoms with Crippen LogP contribution in [0.3, 0.4) is 0 Å². The highest BCUT2D eigenvalue weighted by atomic mass is 32.2. The van der Waals surface area contributed by atoms with Gasteiger partial charge >= 0.3 is 0 Å². The van der Waals surface area contributed by atoms with Crippen LogP contribution in [0.1, 0.15) is 43.6 Å². The number of nitrogens with one attached hydrogen (secondary N) is 1. The van der Waals surface area contributed by atoms with Crippen LogP contribution in [0.25, 0.3) is 10.2 Å². The predicted octanol–water partition coefficient (Wildman–Crippen LogP) is 3.53. The molecule has 3 rings (SSSR count). The number of thiophene rings is 1. The van der Waals surface area contributed by atoms with Crippen LogP contribution in [0.5, 0.6) is 0 Å². The van der Waals surface area contributed by atoms with Crippen molar-refractivity contribution in [3.8, 4) is 0 Å². The molecule has 0 aromatic carbocycles. The van der Waals surface area contributed by atoms with Gasteiger partial charge in [-0.1, -0.05) is 31.2 Å². The number of rotatable bonds is 8. The summed E-state index contributed by atoms with van der Waals surface area (Å²) in [6, 6.07) is 0.166. The first-order chi connectivity index (χ1) is 12.5. The summed E-state index contributed by atoms with van der Waals surface area (Å²) in [4.78, 5) is 32.0. The number of hydrogen-bond acceptors (Lipinski definition) is 5. The van der Waals surface area contributed by atoms with Gasteiger partial charge in [0.15, 0.2) is 5.16 Å². The lowest BCUT2D eigenvalue weighted by atomic mass is 10.2. The highest BCUT2D eigenvalue weighted by Crippen LogP contribution is 2.35. The van der Waals surface area contributed by atoms with Crippen molar-refractivity contribution in [1.29, 1.82) is 0 Å². The molecule has 0 aliphatic heterocycles. The van der Waals surface area contributed by atoms with E-state index in [9.17, 15) is 9.59 Å². The number of aryl methyl sites for hydroxylation is 2. The maximum Gasteiger partial charge on any atom is 0.263 e. The van der Waals surface area contributed by atoms with Crippen molar-refractivity contribution in [1.82, 2.24) is 14.9 Å². The zero-order chi connectivity index (χ0) is 18.7. The summed E-state index contributed by atoms with van der Waals surface area (Å²) < 4.78 is 1.65. The van der Waals surface area contributed by atoms with Crippen molar-refractivity contribution >= 4 is 39.2 Å². The molecule has 2 aromatic rings. The fourth-order valence-corrected chi connectivity index (χ4v) is 5.53. The smallest absolute Gasteiger partial charge is 0.263 e. The van der Waals surface area contributed by atoms with Gasteiger partial charge in [-0.3, -0.25) is 14.2 Å². The predicted molar refractivity (Wildman–Crippen MR) is 109 cm³/mol. The molecule has 0 fully saturated rings. The molecule has 0 unspecified atom stereocenters. The molecule has 1 atom stereocenters. The molecular weight excluding hydrogens is 366 g/mol. The normalized spacial score (nSPS) is 14.4. The third-order valence-electron chi connectivity index (χ3n) is 4.56. The number of hydrogen-bond donors (Lipinski definition) is 1. The van der Waals surface area contributed by atoms with Crippen molar-refractivity contribution in [2.75, 3.05) is 5.75 Å². The molecular formula is C19H25N3O2S2. The highest BCUT2D eigenvalue weighted by Gasteiger charge is 2.23. The fourth-order valence-electron chi connectivity index (χ4n) is 3.41. The largest absolute Gasteiger partial charge is 0.353 e. The summed E-state index contributed by atoms with van der Waals surface area (Å²) in [5.41, 5.74) is 1.18. The Morgan fingerprint density at radius 1 is 1.50 bits per heavy atom. The standard InChI is InChI=1S/C19H25N3O2S2/c1-4-7-12(3)20-15(23)11-25-19-21-17-16(18(24)22(19)10-5-2)13-8-6-9-14(13)26-17/h5,12H,2,4,6-11H2,1,3H3,(H,20,23)/t12-/m1/s1. The van der Waals surface area contributed by atoms with E-state index in [1.165, 1.54) is 22.2 Å². The monoisotopic (exact) mass is 391 g/mol. The lowest BCUT2D eigenvalue weighted by Crippen LogP contribution is -2.34. The van der Waals surface area contributed by atoms with Gasteiger partial charge in [0.2, 0.25) is 5.91 Å². The van der Waals surface area contributed by atoms with Crippen molar-refractivity contribution in [2.24, 2.45) is 0 Å². The molecule has 0 saturated carbocycles. The third-order valence-corrected chi connectivity index (χ3v) is 6.73. The number of nitrogens with zero attached hydrogens (tertiary/aromatic N) is 2. The van der Waals surface area contributed by atoms with Crippen LogP contribution in [-0.2, 0) is 24.2 Å². The molecule has 7 heteroatoms. The number of amides is 1. The minimum absolute atomic E-state index is 0.00319. The number of carbonyl (C=O) groups is 1. The summed E-state index contributed by atoms with van der Waals surface area (Å²) in [5.74, 6) is 0.234. The topological polar surface area (TPSA) is 64.0 Å². The molecule has 2 heterocycles. The van der Waals surface area contributed by atoms with Crippen molar-refractivity contribution in [3.05, 3.63) is 33.4 Å². The highest BCUT2D eigenvalue weighted by molar-refractivity contribution is 7.99. The van der Waals surface area contributed by atoms with E-state index in [1.54, 1.807) is 22.0 Å². The van der Waals surface area contributed by atoms with Crippen LogP contribution in [0.4, 0.5) is 0 Å². The van der Waals surface area contributed by atoms with E-state index in [2.05, 4.69) is 18.8 Å². The van der Waals surface area contributed by atoms with E-state index in [-0.39, 0.29) is 23.3 Å². The molecule has 2 aromatic heterocycles. The molecule has 1 amide bonds. The second-order valence-corrected chi connectivity index (χ2v) is 8.71. The Kier molecular flexibility index (Phi) is 6.19. The quantitative estimate of drug-likeness (QED) is 0.425. The Balaban J connectivity index is 1.85. The van der Waals surface area contributed by atoms with Gasteiger partial charge in [-0.25, -0.2) is 4.98 Å². The van der Waals surface area contributed by atoms with E-state index in [0.29, 0.717) is 11.7 Å². The number of allylic oxidation sites excluding steroid dienone is 1. The summed E-state index contributed by atoms with van der Waals surface area (Å²) in [6.45, 7) is 8.28. The molecule has 140 valence electrons. The van der Waals surface area contributed by atoms with Gasteiger partial charge in [-0.2, -0.15) is 0 Å². The van der Waals surface area contributed by atoms with Gasteiger partial charge in [0.05, 0.1) is 11.1 Å². The summed E-state index contributed by atoms with van der Waals surface area (Å²) in [7, 11) is 0. The van der Waals surface area contributed by atoms with Crippen LogP contribution in [0.2, 0.25) is 0 Å². The van der Waals surface area contributed by atoms with Gasteiger partial charge in [0.1, 0.15) is 4.83 Å². The third kappa shape index (κ3) is 3.88. The minimum Gasteiger partial charge on any atom is -0.353 e. The zero-order valence-corrected chi connectivity index (χ0v) is 17.0. The molecule has 0 bridgehead atoms. The van der Waals surface area contributed by atoms with E-state index < -0.39 is 0 Å². The first kappa shape index (κ1) is 19.2. The maximum atomic E-state index is 13.0. The van der Waals surface area contributed by atoms with Crippen LogP contribution >= 0.6 is 23.1 Å². The van der Waals surface area contributed by atoms with E-state index in [0.717, 1.165) is 42.3 Å². The fraction of sp³-hybridized carbons (Fsp3) is 0.526. The van der Waals surface area contributed by atoms with Crippen molar-refractivity contribution < 1.29 is 4.79 Å². The van der Waals surface area contributed by atoms with Gasteiger partial charge in [0, 0.05) is 17.5 Å². The van der Waals surface area contributed by atoms with Gasteiger partial charge in [-0.05, 0) is 38.2 Å².